The van der Waals surface area contributed by atoms with Gasteiger partial charge in [0.15, 0.2) is 13.1 Å². The SMILES string of the molecule is CCCCCCC(C/C=C\CCCCCCCC(=O)OCOC(=O)C[N+](C)(C)CCOC(C)=O)OC(=O)C[N+](C)(C)CCOC(C)=O.Cl.[Cl-]. The Bertz CT molecular complexity index is 961. The number of unbranched alkanes of at least 4 members (excludes halogenated alkanes) is 8. The van der Waals surface area contributed by atoms with Gasteiger partial charge in [0.05, 0.1) is 28.2 Å². The predicted octanol–water partition coefficient (Wildman–Crippen LogP) is 2.29. The van der Waals surface area contributed by atoms with E-state index in [2.05, 4.69) is 19.1 Å². The number of nitrogens with zero attached hydrogens (tertiary/aromatic N) is 2. The molecular weight excluding hydrogens is 679 g/mol. The molecule has 0 spiro atoms. The van der Waals surface area contributed by atoms with Gasteiger partial charge >= 0.3 is 29.8 Å². The Morgan fingerprint density at radius 2 is 1.14 bits per heavy atom. The molecule has 1 unspecified atom stereocenters. The van der Waals surface area contributed by atoms with E-state index in [0.29, 0.717) is 30.4 Å². The van der Waals surface area contributed by atoms with Gasteiger partial charge in [0.25, 0.3) is 0 Å². The molecular formula is C35H65Cl2N2O10+. The molecule has 49 heavy (non-hydrogen) atoms. The first-order valence-electron chi connectivity index (χ1n) is 17.2. The van der Waals surface area contributed by atoms with E-state index in [1.807, 2.05) is 28.2 Å². The van der Waals surface area contributed by atoms with E-state index in [4.69, 9.17) is 23.7 Å². The summed E-state index contributed by atoms with van der Waals surface area (Å²) in [5.41, 5.74) is 0. The third kappa shape index (κ3) is 33.8. The summed E-state index contributed by atoms with van der Waals surface area (Å²) in [6.45, 7) is 6.26. The largest absolute Gasteiger partial charge is 1.00 e. The number of ether oxygens (including phenoxy) is 5. The van der Waals surface area contributed by atoms with Gasteiger partial charge in [-0.1, -0.05) is 57.6 Å². The van der Waals surface area contributed by atoms with Crippen molar-refractivity contribution in [2.45, 2.75) is 110 Å². The molecule has 0 fully saturated rings. The third-order valence-corrected chi connectivity index (χ3v) is 7.55. The molecule has 0 aliphatic heterocycles. The molecule has 0 rings (SSSR count). The first kappa shape index (κ1) is 51.0. The molecule has 0 saturated carbocycles. The molecule has 0 N–H and O–H groups in total. The van der Waals surface area contributed by atoms with Crippen molar-refractivity contribution in [1.82, 2.24) is 0 Å². The van der Waals surface area contributed by atoms with Gasteiger partial charge in [-0.2, -0.15) is 0 Å². The highest BCUT2D eigenvalue weighted by Crippen LogP contribution is 2.14. The standard InChI is InChI=1S/C35H64N2O10.2ClH/c1-8-9-10-17-20-32(47-35(42)28-37(6,7)24-26-44-31(3)39)21-18-15-13-11-12-14-16-19-22-33(40)45-29-46-34(41)27-36(4,5)23-25-43-30(2)38;;/h15,18,32H,8-14,16-17,19-29H2,1-7H3;2*1H/q+2;;/p-1/b18-15-;;. The van der Waals surface area contributed by atoms with Crippen LogP contribution in [0.4, 0.5) is 0 Å². The number of esters is 5. The quantitative estimate of drug-likeness (QED) is 0.0294. The summed E-state index contributed by atoms with van der Waals surface area (Å²) in [6.07, 6.45) is 16.1. The van der Waals surface area contributed by atoms with Crippen LogP contribution in [0.25, 0.3) is 0 Å². The van der Waals surface area contributed by atoms with Crippen LogP contribution >= 0.6 is 12.4 Å². The molecule has 14 heteroatoms. The number of quaternary nitrogens is 2. The van der Waals surface area contributed by atoms with Crippen LogP contribution in [0.1, 0.15) is 104 Å². The lowest BCUT2D eigenvalue weighted by Crippen LogP contribution is -3.00. The zero-order valence-electron chi connectivity index (χ0n) is 31.1. The molecule has 0 bridgehead atoms. The van der Waals surface area contributed by atoms with E-state index >= 15 is 0 Å². The van der Waals surface area contributed by atoms with Crippen molar-refractivity contribution < 1.29 is 69.0 Å². The Morgan fingerprint density at radius 3 is 1.71 bits per heavy atom. The smallest absolute Gasteiger partial charge is 0.364 e. The van der Waals surface area contributed by atoms with Gasteiger partial charge in [0.2, 0.25) is 6.79 Å². The Labute approximate surface area is 307 Å². The molecule has 0 amide bonds. The Morgan fingerprint density at radius 1 is 0.633 bits per heavy atom. The fourth-order valence-corrected chi connectivity index (χ4v) is 4.68. The summed E-state index contributed by atoms with van der Waals surface area (Å²) in [4.78, 5) is 58.6. The minimum atomic E-state index is -0.490. The molecule has 0 aromatic carbocycles. The average Bonchev–Trinajstić information content (AvgIpc) is 2.94. The maximum atomic E-state index is 12.7. The first-order valence-corrected chi connectivity index (χ1v) is 17.2. The molecule has 1 atom stereocenters. The summed E-state index contributed by atoms with van der Waals surface area (Å²) < 4.78 is 26.5. The summed E-state index contributed by atoms with van der Waals surface area (Å²) in [6, 6.07) is 0. The van der Waals surface area contributed by atoms with Crippen molar-refractivity contribution in [3.63, 3.8) is 0 Å². The molecule has 0 aromatic rings. The topological polar surface area (TPSA) is 132 Å². The highest BCUT2D eigenvalue weighted by molar-refractivity contribution is 5.85. The number of likely N-dealkylation sites (N-methyl/N-ethyl adjacent to an activating group) is 2. The lowest BCUT2D eigenvalue weighted by Gasteiger charge is -2.29. The Balaban J connectivity index is -0.0000106. The fourth-order valence-electron chi connectivity index (χ4n) is 4.68. The summed E-state index contributed by atoms with van der Waals surface area (Å²) in [7, 11) is 7.49. The van der Waals surface area contributed by atoms with Gasteiger partial charge in [0.1, 0.15) is 32.4 Å². The van der Waals surface area contributed by atoms with Crippen molar-refractivity contribution in [1.29, 1.82) is 0 Å². The highest BCUT2D eigenvalue weighted by Gasteiger charge is 2.24. The summed E-state index contributed by atoms with van der Waals surface area (Å²) in [5.74, 6) is -1.80. The van der Waals surface area contributed by atoms with Crippen molar-refractivity contribution in [3.05, 3.63) is 12.2 Å². The minimum absolute atomic E-state index is 0. The minimum Gasteiger partial charge on any atom is -1.00 e. The number of hydrogen-bond acceptors (Lipinski definition) is 10. The van der Waals surface area contributed by atoms with Gasteiger partial charge in [-0.15, -0.1) is 12.4 Å². The maximum Gasteiger partial charge on any atom is 0.364 e. The van der Waals surface area contributed by atoms with E-state index in [-0.39, 0.29) is 86.0 Å². The molecule has 0 radical (unpaired) electrons. The molecule has 0 aromatic heterocycles. The van der Waals surface area contributed by atoms with Crippen molar-refractivity contribution in [2.75, 3.05) is 74.4 Å². The summed E-state index contributed by atoms with van der Waals surface area (Å²) in [5, 5.41) is 0. The van der Waals surface area contributed by atoms with Crippen LogP contribution in [0.3, 0.4) is 0 Å². The molecule has 288 valence electrons. The van der Waals surface area contributed by atoms with Gasteiger partial charge in [-0.3, -0.25) is 14.4 Å². The summed E-state index contributed by atoms with van der Waals surface area (Å²) >= 11 is 0. The second-order valence-corrected chi connectivity index (χ2v) is 13.4. The number of hydrogen-bond donors (Lipinski definition) is 0. The van der Waals surface area contributed by atoms with Crippen LogP contribution < -0.4 is 12.4 Å². The normalized spacial score (nSPS) is 11.9. The van der Waals surface area contributed by atoms with Crippen LogP contribution in [0.2, 0.25) is 0 Å². The maximum absolute atomic E-state index is 12.7. The average molecular weight is 745 g/mol. The first-order chi connectivity index (χ1) is 22.2. The monoisotopic (exact) mass is 743 g/mol. The second-order valence-electron chi connectivity index (χ2n) is 13.4. The zero-order chi connectivity index (χ0) is 35.6. The fraction of sp³-hybridized carbons (Fsp3) is 0.800. The van der Waals surface area contributed by atoms with E-state index in [9.17, 15) is 24.0 Å². The van der Waals surface area contributed by atoms with Gasteiger partial charge in [0, 0.05) is 26.7 Å². The lowest BCUT2D eigenvalue weighted by atomic mass is 10.1. The van der Waals surface area contributed by atoms with E-state index in [0.717, 1.165) is 57.8 Å². The van der Waals surface area contributed by atoms with Crippen LogP contribution in [0, 0.1) is 0 Å². The van der Waals surface area contributed by atoms with E-state index < -0.39 is 18.7 Å². The molecule has 0 aliphatic carbocycles. The number of allylic oxidation sites excluding steroid dienone is 1. The number of carbonyl (C=O) groups excluding carboxylic acids is 5. The number of carbonyl (C=O) groups is 5. The zero-order valence-corrected chi connectivity index (χ0v) is 32.7. The molecule has 0 aliphatic rings. The third-order valence-electron chi connectivity index (χ3n) is 7.55. The molecule has 12 nitrogen and oxygen atoms in total. The van der Waals surface area contributed by atoms with Gasteiger partial charge < -0.3 is 45.1 Å². The van der Waals surface area contributed by atoms with Crippen LogP contribution in [-0.2, 0) is 47.7 Å². The molecule has 0 saturated heterocycles. The Hall–Kier alpha value is -2.41. The lowest BCUT2D eigenvalue weighted by molar-refractivity contribution is -0.883. The van der Waals surface area contributed by atoms with Crippen molar-refractivity contribution in [2.24, 2.45) is 0 Å². The predicted molar refractivity (Wildman–Crippen MR) is 186 cm³/mol. The van der Waals surface area contributed by atoms with E-state index in [1.165, 1.54) is 20.3 Å². The molecule has 0 heterocycles. The second kappa shape index (κ2) is 30.4. The van der Waals surface area contributed by atoms with Gasteiger partial charge in [-0.05, 0) is 32.1 Å². The van der Waals surface area contributed by atoms with Crippen molar-refractivity contribution in [3.8, 4) is 0 Å². The van der Waals surface area contributed by atoms with Gasteiger partial charge in [-0.25, -0.2) is 9.59 Å². The van der Waals surface area contributed by atoms with E-state index in [1.54, 1.807) is 0 Å². The Kier molecular flexibility index (Phi) is 31.6. The van der Waals surface area contributed by atoms with Crippen LogP contribution in [-0.4, -0.2) is 119 Å². The number of halogens is 2. The number of rotatable bonds is 28. The van der Waals surface area contributed by atoms with Crippen LogP contribution in [0.15, 0.2) is 12.2 Å². The van der Waals surface area contributed by atoms with Crippen molar-refractivity contribution >= 4 is 42.3 Å². The highest BCUT2D eigenvalue weighted by atomic mass is 35.5. The van der Waals surface area contributed by atoms with Crippen LogP contribution in [0.5, 0.6) is 0 Å².